The number of carbonyl (C=O) groups excluding carboxylic acids is 1. The molecule has 0 bridgehead atoms. The molecule has 1 N–H and O–H groups in total. The second-order valence-corrected chi connectivity index (χ2v) is 5.08. The molecule has 23 heavy (non-hydrogen) atoms. The van der Waals surface area contributed by atoms with E-state index in [4.69, 9.17) is 10.00 Å². The van der Waals surface area contributed by atoms with E-state index in [0.717, 1.165) is 5.82 Å². The third-order valence-corrected chi connectivity index (χ3v) is 3.56. The fourth-order valence-electron chi connectivity index (χ4n) is 2.30. The van der Waals surface area contributed by atoms with Gasteiger partial charge in [0.1, 0.15) is 18.7 Å². The first-order valence-corrected chi connectivity index (χ1v) is 7.28. The summed E-state index contributed by atoms with van der Waals surface area (Å²) in [7, 11) is 0. The first-order valence-electron chi connectivity index (χ1n) is 7.28. The van der Waals surface area contributed by atoms with Gasteiger partial charge in [-0.2, -0.15) is 5.26 Å². The second kappa shape index (κ2) is 6.79. The number of hydrogen-bond donors (Lipinski definition) is 1. The van der Waals surface area contributed by atoms with Gasteiger partial charge in [0.25, 0.3) is 0 Å². The van der Waals surface area contributed by atoms with Crippen molar-refractivity contribution in [2.45, 2.75) is 13.1 Å². The van der Waals surface area contributed by atoms with Crippen LogP contribution >= 0.6 is 0 Å². The molecule has 0 atom stereocenters. The molecule has 8 nitrogen and oxygen atoms in total. The van der Waals surface area contributed by atoms with Crippen molar-refractivity contribution < 1.29 is 9.53 Å². The normalized spacial score (nSPS) is 13.1. The standard InChI is InChI=1S/C15H16N6O2/c16-9-12-1-3-13(4-2-12)23-8-5-17-15(22)20-6-7-21-11-18-19-14(21)10-20/h1-4,11H,5-8,10H2,(H,17,22). The van der Waals surface area contributed by atoms with E-state index >= 15 is 0 Å². The van der Waals surface area contributed by atoms with Gasteiger partial charge in [-0.1, -0.05) is 0 Å². The number of amides is 2. The summed E-state index contributed by atoms with van der Waals surface area (Å²) in [5.41, 5.74) is 0.587. The summed E-state index contributed by atoms with van der Waals surface area (Å²) in [6, 6.07) is 8.76. The predicted molar refractivity (Wildman–Crippen MR) is 80.5 cm³/mol. The number of fused-ring (bicyclic) bond motifs is 1. The summed E-state index contributed by atoms with van der Waals surface area (Å²) in [5, 5.41) is 19.4. The molecular formula is C15H16N6O2. The summed E-state index contributed by atoms with van der Waals surface area (Å²) in [6.45, 7) is 2.57. The van der Waals surface area contributed by atoms with Crippen molar-refractivity contribution in [1.82, 2.24) is 25.0 Å². The van der Waals surface area contributed by atoms with Crippen molar-refractivity contribution in [3.8, 4) is 11.8 Å². The number of benzene rings is 1. The van der Waals surface area contributed by atoms with Gasteiger partial charge in [0, 0.05) is 13.1 Å². The minimum Gasteiger partial charge on any atom is -0.492 e. The van der Waals surface area contributed by atoms with E-state index in [-0.39, 0.29) is 6.03 Å². The Morgan fingerprint density at radius 2 is 2.17 bits per heavy atom. The van der Waals surface area contributed by atoms with Crippen LogP contribution in [0.15, 0.2) is 30.6 Å². The molecule has 0 fully saturated rings. The Balaban J connectivity index is 1.40. The van der Waals surface area contributed by atoms with E-state index in [1.165, 1.54) is 0 Å². The summed E-state index contributed by atoms with van der Waals surface area (Å²) in [5.74, 6) is 1.46. The predicted octanol–water partition coefficient (Wildman–Crippen LogP) is 0.754. The fourth-order valence-corrected chi connectivity index (χ4v) is 2.30. The Morgan fingerprint density at radius 3 is 2.96 bits per heavy atom. The average molecular weight is 312 g/mol. The van der Waals surface area contributed by atoms with Gasteiger partial charge in [0.05, 0.1) is 24.7 Å². The minimum atomic E-state index is -0.136. The van der Waals surface area contributed by atoms with E-state index in [1.54, 1.807) is 35.5 Å². The van der Waals surface area contributed by atoms with Crippen LogP contribution in [0.1, 0.15) is 11.4 Å². The highest BCUT2D eigenvalue weighted by molar-refractivity contribution is 5.74. The highest BCUT2D eigenvalue weighted by atomic mass is 16.5. The number of carbonyl (C=O) groups is 1. The Hall–Kier alpha value is -3.08. The van der Waals surface area contributed by atoms with Crippen molar-refractivity contribution in [2.24, 2.45) is 0 Å². The molecule has 2 amide bonds. The van der Waals surface area contributed by atoms with Crippen molar-refractivity contribution in [3.05, 3.63) is 42.0 Å². The Bertz CT molecular complexity index is 718. The lowest BCUT2D eigenvalue weighted by molar-refractivity contribution is 0.179. The van der Waals surface area contributed by atoms with Gasteiger partial charge in [0.2, 0.25) is 0 Å². The summed E-state index contributed by atoms with van der Waals surface area (Å²) < 4.78 is 7.46. The van der Waals surface area contributed by atoms with Crippen LogP contribution < -0.4 is 10.1 Å². The lowest BCUT2D eigenvalue weighted by Crippen LogP contribution is -2.45. The Morgan fingerprint density at radius 1 is 1.35 bits per heavy atom. The molecule has 8 heteroatoms. The summed E-state index contributed by atoms with van der Waals surface area (Å²) in [4.78, 5) is 13.8. The van der Waals surface area contributed by atoms with Crippen LogP contribution in [-0.2, 0) is 13.1 Å². The molecule has 1 aliphatic rings. The van der Waals surface area contributed by atoms with E-state index in [2.05, 4.69) is 15.5 Å². The maximum absolute atomic E-state index is 12.1. The van der Waals surface area contributed by atoms with E-state index in [9.17, 15) is 4.79 Å². The number of urea groups is 1. The molecule has 0 saturated carbocycles. The van der Waals surface area contributed by atoms with E-state index in [0.29, 0.717) is 44.1 Å². The second-order valence-electron chi connectivity index (χ2n) is 5.08. The quantitative estimate of drug-likeness (QED) is 0.841. The van der Waals surface area contributed by atoms with Crippen LogP contribution in [0.4, 0.5) is 4.79 Å². The molecule has 0 saturated heterocycles. The van der Waals surface area contributed by atoms with Crippen LogP contribution in [0.25, 0.3) is 0 Å². The van der Waals surface area contributed by atoms with Crippen LogP contribution in [-0.4, -0.2) is 45.4 Å². The number of nitrogens with zero attached hydrogens (tertiary/aromatic N) is 5. The minimum absolute atomic E-state index is 0.136. The van der Waals surface area contributed by atoms with Crippen molar-refractivity contribution in [2.75, 3.05) is 19.7 Å². The van der Waals surface area contributed by atoms with Crippen LogP contribution in [0.5, 0.6) is 5.75 Å². The number of rotatable bonds is 4. The van der Waals surface area contributed by atoms with Crippen molar-refractivity contribution >= 4 is 6.03 Å². The molecular weight excluding hydrogens is 296 g/mol. The van der Waals surface area contributed by atoms with Crippen LogP contribution in [0.3, 0.4) is 0 Å². The molecule has 1 aliphatic heterocycles. The maximum atomic E-state index is 12.1. The molecule has 0 spiro atoms. The van der Waals surface area contributed by atoms with E-state index < -0.39 is 0 Å². The van der Waals surface area contributed by atoms with Crippen LogP contribution in [0.2, 0.25) is 0 Å². The van der Waals surface area contributed by atoms with Crippen LogP contribution in [0, 0.1) is 11.3 Å². The molecule has 0 unspecified atom stereocenters. The van der Waals surface area contributed by atoms with Gasteiger partial charge in [0.15, 0.2) is 5.82 Å². The zero-order valence-electron chi connectivity index (χ0n) is 12.5. The van der Waals surface area contributed by atoms with E-state index in [1.807, 2.05) is 10.6 Å². The van der Waals surface area contributed by atoms with Gasteiger partial charge in [-0.3, -0.25) is 0 Å². The van der Waals surface area contributed by atoms with Crippen molar-refractivity contribution in [3.63, 3.8) is 0 Å². The van der Waals surface area contributed by atoms with Gasteiger partial charge >= 0.3 is 6.03 Å². The summed E-state index contributed by atoms with van der Waals surface area (Å²) in [6.07, 6.45) is 1.68. The van der Waals surface area contributed by atoms with Gasteiger partial charge in [-0.05, 0) is 24.3 Å². The average Bonchev–Trinajstić information content (AvgIpc) is 3.06. The number of nitrogens with one attached hydrogen (secondary N) is 1. The monoisotopic (exact) mass is 312 g/mol. The van der Waals surface area contributed by atoms with Gasteiger partial charge < -0.3 is 19.5 Å². The Kier molecular flexibility index (Phi) is 4.38. The number of ether oxygens (including phenoxy) is 1. The summed E-state index contributed by atoms with van der Waals surface area (Å²) >= 11 is 0. The highest BCUT2D eigenvalue weighted by Crippen LogP contribution is 2.11. The largest absolute Gasteiger partial charge is 0.492 e. The lowest BCUT2D eigenvalue weighted by Gasteiger charge is -2.27. The highest BCUT2D eigenvalue weighted by Gasteiger charge is 2.21. The molecule has 1 aromatic carbocycles. The third kappa shape index (κ3) is 3.58. The van der Waals surface area contributed by atoms with Gasteiger partial charge in [-0.15, -0.1) is 10.2 Å². The topological polar surface area (TPSA) is 96.1 Å². The molecule has 0 aliphatic carbocycles. The molecule has 0 radical (unpaired) electrons. The number of nitriles is 1. The molecule has 118 valence electrons. The van der Waals surface area contributed by atoms with Gasteiger partial charge in [-0.25, -0.2) is 4.79 Å². The molecule has 1 aromatic heterocycles. The maximum Gasteiger partial charge on any atom is 0.317 e. The molecule has 3 rings (SSSR count). The zero-order valence-corrected chi connectivity index (χ0v) is 12.5. The number of aromatic nitrogens is 3. The first-order chi connectivity index (χ1) is 11.3. The SMILES string of the molecule is N#Cc1ccc(OCCNC(=O)N2CCn3cnnc3C2)cc1. The molecule has 2 aromatic rings. The number of hydrogen-bond acceptors (Lipinski definition) is 5. The first kappa shape index (κ1) is 14.8. The lowest BCUT2D eigenvalue weighted by atomic mass is 10.2. The smallest absolute Gasteiger partial charge is 0.317 e. The Labute approximate surface area is 133 Å². The fraction of sp³-hybridized carbons (Fsp3) is 0.333. The third-order valence-electron chi connectivity index (χ3n) is 3.56. The zero-order chi connectivity index (χ0) is 16.1. The molecule has 2 heterocycles. The van der Waals surface area contributed by atoms with Crippen molar-refractivity contribution in [1.29, 1.82) is 5.26 Å².